The summed E-state index contributed by atoms with van der Waals surface area (Å²) in [4.78, 5) is 39.6. The quantitative estimate of drug-likeness (QED) is 0.351. The molecule has 1 atom stereocenters. The maximum Gasteiger partial charge on any atom is 0.351 e. The molecule has 0 aliphatic carbocycles. The van der Waals surface area contributed by atoms with Gasteiger partial charge in [-0.15, -0.1) is 11.3 Å². The Balaban J connectivity index is 1.30. The number of carbonyl (C=O) groups excluding carboxylic acids is 1. The monoisotopic (exact) mass is 509 g/mol. The van der Waals surface area contributed by atoms with Crippen LogP contribution in [0, 0.1) is 0 Å². The molecule has 35 heavy (non-hydrogen) atoms. The number of rotatable bonds is 7. The second-order valence-electron chi connectivity index (χ2n) is 8.19. The molecular formula is C24H24ClN7O2S. The number of aromatic nitrogens is 5. The van der Waals surface area contributed by atoms with Gasteiger partial charge in [0.05, 0.1) is 11.9 Å². The molecule has 0 amide bonds. The third kappa shape index (κ3) is 4.71. The van der Waals surface area contributed by atoms with E-state index < -0.39 is 6.04 Å². The van der Waals surface area contributed by atoms with Crippen LogP contribution in [-0.2, 0) is 0 Å². The Morgan fingerprint density at radius 2 is 1.80 bits per heavy atom. The number of ketones is 1. The summed E-state index contributed by atoms with van der Waals surface area (Å²) in [7, 11) is 0. The summed E-state index contributed by atoms with van der Waals surface area (Å²) < 4.78 is 2.65. The van der Waals surface area contributed by atoms with Crippen LogP contribution in [0.15, 0.2) is 65.3 Å². The van der Waals surface area contributed by atoms with Crippen LogP contribution in [0.4, 0.5) is 10.9 Å². The predicted molar refractivity (Wildman–Crippen MR) is 137 cm³/mol. The number of benzene rings is 1. The van der Waals surface area contributed by atoms with Gasteiger partial charge in [-0.1, -0.05) is 18.5 Å². The first-order valence-corrected chi connectivity index (χ1v) is 12.6. The highest BCUT2D eigenvalue weighted by atomic mass is 35.5. The number of pyridine rings is 1. The normalized spacial score (nSPS) is 14.8. The largest absolute Gasteiger partial charge is 0.353 e. The van der Waals surface area contributed by atoms with E-state index in [0.29, 0.717) is 22.7 Å². The molecule has 4 heterocycles. The number of thiazole rings is 1. The summed E-state index contributed by atoms with van der Waals surface area (Å²) in [5.41, 5.74) is 0.703. The number of carbonyl (C=O) groups is 1. The Kier molecular flexibility index (Phi) is 6.65. The Labute approximate surface area is 211 Å². The molecule has 0 saturated carbocycles. The van der Waals surface area contributed by atoms with E-state index in [1.165, 1.54) is 15.6 Å². The molecule has 1 fully saturated rings. The van der Waals surface area contributed by atoms with Crippen molar-refractivity contribution in [3.63, 3.8) is 0 Å². The van der Waals surface area contributed by atoms with Crippen LogP contribution in [0.5, 0.6) is 0 Å². The van der Waals surface area contributed by atoms with E-state index in [1.807, 2.05) is 30.6 Å². The van der Waals surface area contributed by atoms with Crippen LogP contribution in [0.25, 0.3) is 5.69 Å². The van der Waals surface area contributed by atoms with Crippen molar-refractivity contribution in [2.24, 2.45) is 0 Å². The topological polar surface area (TPSA) is 89.2 Å². The lowest BCUT2D eigenvalue weighted by molar-refractivity contribution is 0.0911. The molecule has 1 aliphatic rings. The Morgan fingerprint density at radius 1 is 1.06 bits per heavy atom. The lowest BCUT2D eigenvalue weighted by Crippen LogP contribution is -2.46. The van der Waals surface area contributed by atoms with Gasteiger partial charge >= 0.3 is 5.69 Å². The SMILES string of the molecule is CCC(C(=O)c1ccc(Cl)cc1)n1ncn(-c2ccc(N3CCN(c4nccs4)CC3)nc2)c1=O. The number of Topliss-reactive ketones (excluding diaryl/α,β-unsaturated/α-hetero) is 1. The van der Waals surface area contributed by atoms with Gasteiger partial charge in [0.15, 0.2) is 10.9 Å². The van der Waals surface area contributed by atoms with Crippen molar-refractivity contribution in [3.05, 3.63) is 81.6 Å². The molecule has 1 aliphatic heterocycles. The first-order chi connectivity index (χ1) is 17.0. The Morgan fingerprint density at radius 3 is 2.43 bits per heavy atom. The molecule has 4 aromatic rings. The van der Waals surface area contributed by atoms with Crippen molar-refractivity contribution < 1.29 is 4.79 Å². The van der Waals surface area contributed by atoms with E-state index >= 15 is 0 Å². The highest BCUT2D eigenvalue weighted by Gasteiger charge is 2.25. The van der Waals surface area contributed by atoms with E-state index in [-0.39, 0.29) is 11.5 Å². The fourth-order valence-corrected chi connectivity index (χ4v) is 5.01. The highest BCUT2D eigenvalue weighted by molar-refractivity contribution is 7.13. The van der Waals surface area contributed by atoms with Gasteiger partial charge in [-0.05, 0) is 42.8 Å². The lowest BCUT2D eigenvalue weighted by atomic mass is 10.0. The number of anilines is 2. The standard InChI is InChI=1S/C24H24ClN7O2S/c1-2-20(22(33)17-3-5-18(25)6-4-17)32-24(34)31(16-28-32)19-7-8-21(27-15-19)29-10-12-30(13-11-29)23-26-9-14-35-23/h3-9,14-16,20H,2,10-13H2,1H3. The molecule has 11 heteroatoms. The van der Waals surface area contributed by atoms with Gasteiger partial charge < -0.3 is 9.80 Å². The van der Waals surface area contributed by atoms with E-state index in [9.17, 15) is 9.59 Å². The van der Waals surface area contributed by atoms with Crippen LogP contribution in [-0.4, -0.2) is 56.3 Å². The number of halogens is 1. The minimum absolute atomic E-state index is 0.179. The van der Waals surface area contributed by atoms with E-state index in [1.54, 1.807) is 41.8 Å². The third-order valence-corrected chi connectivity index (χ3v) is 7.19. The van der Waals surface area contributed by atoms with Crippen LogP contribution in [0.2, 0.25) is 5.02 Å². The smallest absolute Gasteiger partial charge is 0.351 e. The maximum atomic E-state index is 13.1. The van der Waals surface area contributed by atoms with E-state index in [0.717, 1.165) is 37.1 Å². The fourth-order valence-electron chi connectivity index (χ4n) is 4.19. The molecule has 1 unspecified atom stereocenters. The number of hydrogen-bond donors (Lipinski definition) is 0. The molecule has 9 nitrogen and oxygen atoms in total. The molecule has 5 rings (SSSR count). The summed E-state index contributed by atoms with van der Waals surface area (Å²) in [6.45, 7) is 5.30. The maximum absolute atomic E-state index is 13.1. The number of piperazine rings is 1. The van der Waals surface area contributed by atoms with Crippen molar-refractivity contribution in [1.29, 1.82) is 0 Å². The molecule has 3 aromatic heterocycles. The van der Waals surface area contributed by atoms with Crippen molar-refractivity contribution >= 4 is 39.7 Å². The lowest BCUT2D eigenvalue weighted by Gasteiger charge is -2.35. The van der Waals surface area contributed by atoms with Gasteiger partial charge in [-0.25, -0.2) is 24.0 Å². The fraction of sp³-hybridized carbons (Fsp3) is 0.292. The van der Waals surface area contributed by atoms with Gasteiger partial charge in [-0.3, -0.25) is 4.79 Å². The summed E-state index contributed by atoms with van der Waals surface area (Å²) in [6.07, 6.45) is 5.36. The van der Waals surface area contributed by atoms with Crippen LogP contribution < -0.4 is 15.5 Å². The summed E-state index contributed by atoms with van der Waals surface area (Å²) in [5, 5.41) is 7.83. The second kappa shape index (κ2) is 10.0. The summed E-state index contributed by atoms with van der Waals surface area (Å²) in [6, 6.07) is 9.71. The van der Waals surface area contributed by atoms with E-state index in [2.05, 4.69) is 24.9 Å². The minimum atomic E-state index is -0.703. The predicted octanol–water partition coefficient (Wildman–Crippen LogP) is 3.70. The number of nitrogens with zero attached hydrogens (tertiary/aromatic N) is 7. The number of hydrogen-bond acceptors (Lipinski definition) is 8. The third-order valence-electron chi connectivity index (χ3n) is 6.11. The van der Waals surface area contributed by atoms with Gasteiger partial charge in [0.2, 0.25) is 0 Å². The molecule has 1 aromatic carbocycles. The minimum Gasteiger partial charge on any atom is -0.353 e. The van der Waals surface area contributed by atoms with Crippen LogP contribution in [0.3, 0.4) is 0 Å². The Hall–Kier alpha value is -3.50. The molecule has 0 bridgehead atoms. The average Bonchev–Trinajstić information content (AvgIpc) is 3.56. The van der Waals surface area contributed by atoms with Crippen molar-refractivity contribution in [3.8, 4) is 5.69 Å². The first kappa shape index (κ1) is 23.3. The van der Waals surface area contributed by atoms with Crippen LogP contribution in [0.1, 0.15) is 29.7 Å². The van der Waals surface area contributed by atoms with Gasteiger partial charge in [0.1, 0.15) is 18.2 Å². The van der Waals surface area contributed by atoms with Gasteiger partial charge in [0, 0.05) is 48.3 Å². The molecule has 0 spiro atoms. The molecule has 0 radical (unpaired) electrons. The van der Waals surface area contributed by atoms with Crippen LogP contribution >= 0.6 is 22.9 Å². The summed E-state index contributed by atoms with van der Waals surface area (Å²) in [5.74, 6) is 0.680. The van der Waals surface area contributed by atoms with Gasteiger partial charge in [0.25, 0.3) is 0 Å². The van der Waals surface area contributed by atoms with Crippen molar-refractivity contribution in [2.45, 2.75) is 19.4 Å². The van der Waals surface area contributed by atoms with Gasteiger partial charge in [-0.2, -0.15) is 5.10 Å². The zero-order valence-corrected chi connectivity index (χ0v) is 20.7. The molecule has 1 saturated heterocycles. The van der Waals surface area contributed by atoms with Crippen molar-refractivity contribution in [2.75, 3.05) is 36.0 Å². The summed E-state index contributed by atoms with van der Waals surface area (Å²) >= 11 is 7.58. The van der Waals surface area contributed by atoms with Crippen molar-refractivity contribution in [1.82, 2.24) is 24.3 Å². The molecule has 0 N–H and O–H groups in total. The highest BCUT2D eigenvalue weighted by Crippen LogP contribution is 2.22. The first-order valence-electron chi connectivity index (χ1n) is 11.4. The van der Waals surface area contributed by atoms with E-state index in [4.69, 9.17) is 11.6 Å². The molecular weight excluding hydrogens is 486 g/mol. The average molecular weight is 510 g/mol. The zero-order valence-electron chi connectivity index (χ0n) is 19.1. The second-order valence-corrected chi connectivity index (χ2v) is 9.50. The molecule has 180 valence electrons. The zero-order chi connectivity index (χ0) is 24.4. The Bertz CT molecular complexity index is 1340.